The zero-order valence-electron chi connectivity index (χ0n) is 11.8. The van der Waals surface area contributed by atoms with Crippen LogP contribution in [0.1, 0.15) is 23.7 Å². The van der Waals surface area contributed by atoms with Crippen molar-refractivity contribution < 1.29 is 32.6 Å². The summed E-state index contributed by atoms with van der Waals surface area (Å²) < 4.78 is 40.7. The number of ether oxygens (including phenoxy) is 1. The number of carbonyl (C=O) groups is 2. The van der Waals surface area contributed by atoms with Crippen LogP contribution in [0.5, 0.6) is 5.88 Å². The summed E-state index contributed by atoms with van der Waals surface area (Å²) in [5.74, 6) is -2.14. The molecule has 0 aliphatic carbocycles. The summed E-state index contributed by atoms with van der Waals surface area (Å²) in [6.45, 7) is -0.0298. The van der Waals surface area contributed by atoms with Crippen molar-refractivity contribution in [2.24, 2.45) is 0 Å². The standard InChI is InChI=1S/C13H15F3N2O4/c1-2-5-18(7-11(19)20)12(21)9-3-4-17-10(6-9)22-8-13(14,15)16/h3-4,6H,2,5,7-8H2,1H3,(H,19,20). The number of pyridine rings is 1. The van der Waals surface area contributed by atoms with Gasteiger partial charge in [0, 0.05) is 24.4 Å². The molecule has 0 radical (unpaired) electrons. The Labute approximate surface area is 124 Å². The smallest absolute Gasteiger partial charge is 0.422 e. The van der Waals surface area contributed by atoms with E-state index >= 15 is 0 Å². The van der Waals surface area contributed by atoms with Crippen LogP contribution in [0.15, 0.2) is 18.3 Å². The van der Waals surface area contributed by atoms with Gasteiger partial charge in [-0.3, -0.25) is 9.59 Å². The van der Waals surface area contributed by atoms with Gasteiger partial charge in [0.25, 0.3) is 5.91 Å². The maximum absolute atomic E-state index is 12.2. The molecule has 0 saturated heterocycles. The number of hydrogen-bond acceptors (Lipinski definition) is 4. The molecular weight excluding hydrogens is 305 g/mol. The minimum Gasteiger partial charge on any atom is -0.480 e. The fourth-order valence-electron chi connectivity index (χ4n) is 1.65. The number of alkyl halides is 3. The first-order valence-electron chi connectivity index (χ1n) is 6.39. The van der Waals surface area contributed by atoms with Crippen LogP contribution in [0.2, 0.25) is 0 Å². The van der Waals surface area contributed by atoms with E-state index < -0.39 is 31.2 Å². The second-order valence-corrected chi connectivity index (χ2v) is 4.41. The molecule has 1 heterocycles. The van der Waals surface area contributed by atoms with Crippen LogP contribution in [0.3, 0.4) is 0 Å². The summed E-state index contributed by atoms with van der Waals surface area (Å²) in [5, 5.41) is 8.78. The number of aliphatic carboxylic acids is 1. The second-order valence-electron chi connectivity index (χ2n) is 4.41. The van der Waals surface area contributed by atoms with Gasteiger partial charge < -0.3 is 14.7 Å². The van der Waals surface area contributed by atoms with E-state index in [-0.39, 0.29) is 18.0 Å². The first-order chi connectivity index (χ1) is 10.2. The van der Waals surface area contributed by atoms with E-state index in [1.54, 1.807) is 6.92 Å². The molecule has 0 saturated carbocycles. The first kappa shape index (κ1) is 17.7. The van der Waals surface area contributed by atoms with E-state index in [0.29, 0.717) is 6.42 Å². The minimum atomic E-state index is -4.51. The highest BCUT2D eigenvalue weighted by Crippen LogP contribution is 2.18. The van der Waals surface area contributed by atoms with Gasteiger partial charge in [-0.15, -0.1) is 0 Å². The second kappa shape index (κ2) is 7.62. The third-order valence-electron chi connectivity index (χ3n) is 2.47. The Morgan fingerprint density at radius 2 is 2.09 bits per heavy atom. The highest BCUT2D eigenvalue weighted by atomic mass is 19.4. The Kier molecular flexibility index (Phi) is 6.14. The third kappa shape index (κ3) is 5.98. The van der Waals surface area contributed by atoms with E-state index in [4.69, 9.17) is 5.11 Å². The fraction of sp³-hybridized carbons (Fsp3) is 0.462. The Morgan fingerprint density at radius 3 is 2.64 bits per heavy atom. The van der Waals surface area contributed by atoms with Crippen LogP contribution in [0, 0.1) is 0 Å². The molecular formula is C13H15F3N2O4. The van der Waals surface area contributed by atoms with Gasteiger partial charge in [-0.1, -0.05) is 6.92 Å². The number of rotatable bonds is 7. The number of nitrogens with zero attached hydrogens (tertiary/aromatic N) is 2. The van der Waals surface area contributed by atoms with Crippen molar-refractivity contribution in [2.45, 2.75) is 19.5 Å². The fourth-order valence-corrected chi connectivity index (χ4v) is 1.65. The quantitative estimate of drug-likeness (QED) is 0.831. The van der Waals surface area contributed by atoms with Crippen molar-refractivity contribution in [2.75, 3.05) is 19.7 Å². The molecule has 0 unspecified atom stereocenters. The van der Waals surface area contributed by atoms with Gasteiger partial charge in [-0.25, -0.2) is 4.98 Å². The molecule has 0 spiro atoms. The number of halogens is 3. The number of carbonyl (C=O) groups excluding carboxylic acids is 1. The SMILES string of the molecule is CCCN(CC(=O)O)C(=O)c1ccnc(OCC(F)(F)F)c1. The molecule has 1 aromatic heterocycles. The Hall–Kier alpha value is -2.32. The lowest BCUT2D eigenvalue weighted by Crippen LogP contribution is -2.36. The molecule has 1 aromatic rings. The van der Waals surface area contributed by atoms with Crippen molar-refractivity contribution in [3.63, 3.8) is 0 Å². The predicted octanol–water partition coefficient (Wildman–Crippen LogP) is 1.96. The molecule has 1 amide bonds. The van der Waals surface area contributed by atoms with Crippen LogP contribution < -0.4 is 4.74 Å². The number of carboxylic acid groups (broad SMARTS) is 1. The number of aromatic nitrogens is 1. The summed E-state index contributed by atoms with van der Waals surface area (Å²) in [6.07, 6.45) is -2.84. The molecule has 1 rings (SSSR count). The van der Waals surface area contributed by atoms with Gasteiger partial charge in [0.05, 0.1) is 0 Å². The van der Waals surface area contributed by atoms with E-state index in [1.165, 1.54) is 6.07 Å². The summed E-state index contributed by atoms with van der Waals surface area (Å²) in [5.41, 5.74) is 0.0156. The molecule has 0 aliphatic heterocycles. The largest absolute Gasteiger partial charge is 0.480 e. The maximum atomic E-state index is 12.2. The number of amides is 1. The van der Waals surface area contributed by atoms with Gasteiger partial charge in [0.15, 0.2) is 6.61 Å². The van der Waals surface area contributed by atoms with Crippen LogP contribution in [0.4, 0.5) is 13.2 Å². The average Bonchev–Trinajstić information content (AvgIpc) is 2.43. The van der Waals surface area contributed by atoms with Gasteiger partial charge in [-0.2, -0.15) is 13.2 Å². The Balaban J connectivity index is 2.85. The summed E-state index contributed by atoms with van der Waals surface area (Å²) in [7, 11) is 0. The van der Waals surface area contributed by atoms with Gasteiger partial charge >= 0.3 is 12.1 Å². The molecule has 0 bridgehead atoms. The molecule has 6 nitrogen and oxygen atoms in total. The highest BCUT2D eigenvalue weighted by Gasteiger charge is 2.29. The molecule has 9 heteroatoms. The van der Waals surface area contributed by atoms with Crippen molar-refractivity contribution in [1.82, 2.24) is 9.88 Å². The lowest BCUT2D eigenvalue weighted by Gasteiger charge is -2.20. The molecule has 1 N–H and O–H groups in total. The molecule has 0 atom stereocenters. The monoisotopic (exact) mass is 320 g/mol. The molecule has 0 fully saturated rings. The summed E-state index contributed by atoms with van der Waals surface area (Å²) in [6, 6.07) is 2.34. The lowest BCUT2D eigenvalue weighted by molar-refractivity contribution is -0.154. The van der Waals surface area contributed by atoms with Crippen molar-refractivity contribution in [3.05, 3.63) is 23.9 Å². The van der Waals surface area contributed by atoms with Crippen molar-refractivity contribution in [1.29, 1.82) is 0 Å². The van der Waals surface area contributed by atoms with Crippen LogP contribution in [0.25, 0.3) is 0 Å². The number of carboxylic acids is 1. The predicted molar refractivity (Wildman–Crippen MR) is 69.6 cm³/mol. The molecule has 0 aromatic carbocycles. The van der Waals surface area contributed by atoms with Crippen molar-refractivity contribution >= 4 is 11.9 Å². The topological polar surface area (TPSA) is 79.7 Å². The Morgan fingerprint density at radius 1 is 1.41 bits per heavy atom. The van der Waals surface area contributed by atoms with E-state index in [0.717, 1.165) is 17.2 Å². The van der Waals surface area contributed by atoms with E-state index in [2.05, 4.69) is 9.72 Å². The van der Waals surface area contributed by atoms with E-state index in [1.807, 2.05) is 0 Å². The molecule has 0 aliphatic rings. The maximum Gasteiger partial charge on any atom is 0.422 e. The summed E-state index contributed by atoms with van der Waals surface area (Å²) >= 11 is 0. The minimum absolute atomic E-state index is 0.0156. The van der Waals surface area contributed by atoms with E-state index in [9.17, 15) is 22.8 Å². The summed E-state index contributed by atoms with van der Waals surface area (Å²) in [4.78, 5) is 27.6. The van der Waals surface area contributed by atoms with Gasteiger partial charge in [0.2, 0.25) is 5.88 Å². The zero-order chi connectivity index (χ0) is 16.8. The molecule has 122 valence electrons. The van der Waals surface area contributed by atoms with Crippen LogP contribution >= 0.6 is 0 Å². The lowest BCUT2D eigenvalue weighted by atomic mass is 10.2. The first-order valence-corrected chi connectivity index (χ1v) is 6.39. The third-order valence-corrected chi connectivity index (χ3v) is 2.47. The number of hydrogen-bond donors (Lipinski definition) is 1. The molecule has 22 heavy (non-hydrogen) atoms. The zero-order valence-corrected chi connectivity index (χ0v) is 11.8. The van der Waals surface area contributed by atoms with Crippen LogP contribution in [-0.2, 0) is 4.79 Å². The van der Waals surface area contributed by atoms with Crippen molar-refractivity contribution in [3.8, 4) is 5.88 Å². The normalized spacial score (nSPS) is 11.1. The Bertz CT molecular complexity index is 534. The van der Waals surface area contributed by atoms with Gasteiger partial charge in [-0.05, 0) is 12.5 Å². The average molecular weight is 320 g/mol. The van der Waals surface area contributed by atoms with Crippen LogP contribution in [-0.4, -0.2) is 52.7 Å². The highest BCUT2D eigenvalue weighted by molar-refractivity contribution is 5.96. The van der Waals surface area contributed by atoms with Gasteiger partial charge in [0.1, 0.15) is 6.54 Å².